The Bertz CT molecular complexity index is 767. The zero-order valence-corrected chi connectivity index (χ0v) is 13.5. The lowest BCUT2D eigenvalue weighted by Crippen LogP contribution is -2.18. The summed E-state index contributed by atoms with van der Waals surface area (Å²) in [5.74, 6) is 0.626. The average molecular weight is 330 g/mol. The third kappa shape index (κ3) is 5.27. The van der Waals surface area contributed by atoms with E-state index in [1.807, 2.05) is 43.3 Å². The van der Waals surface area contributed by atoms with Crippen molar-refractivity contribution in [2.75, 3.05) is 6.61 Å². The maximum Gasteiger partial charge on any atom is 0.276 e. The number of allylic oxidation sites excluding steroid dienone is 1. The van der Waals surface area contributed by atoms with Gasteiger partial charge in [0.05, 0.1) is 11.5 Å². The van der Waals surface area contributed by atoms with Gasteiger partial charge in [0, 0.05) is 6.21 Å². The van der Waals surface area contributed by atoms with Gasteiger partial charge >= 0.3 is 0 Å². The van der Waals surface area contributed by atoms with E-state index in [-0.39, 0.29) is 4.90 Å². The maximum absolute atomic E-state index is 12.0. The Hall–Kier alpha value is -2.60. The molecule has 0 heterocycles. The Morgan fingerprint density at radius 3 is 2.43 bits per heavy atom. The molecule has 23 heavy (non-hydrogen) atoms. The van der Waals surface area contributed by atoms with Gasteiger partial charge in [0.15, 0.2) is 0 Å². The summed E-state index contributed by atoms with van der Waals surface area (Å²) in [5.41, 5.74) is 1.01. The third-order valence-electron chi connectivity index (χ3n) is 2.87. The van der Waals surface area contributed by atoms with E-state index in [4.69, 9.17) is 4.74 Å². The minimum Gasteiger partial charge on any atom is -0.494 e. The number of hydrogen-bond acceptors (Lipinski definition) is 4. The molecule has 120 valence electrons. The standard InChI is InChI=1S/C17H18N2O3S/c1-2-22-16-10-12-17(13-11-16)23(20,21)19-18-14-6-9-15-7-4-3-5-8-15/h3-14,19H,2H2,1H3/b9-6+,18-14+. The first-order chi connectivity index (χ1) is 11.1. The molecule has 2 rings (SSSR count). The zero-order chi connectivity index (χ0) is 16.5. The molecule has 0 atom stereocenters. The quantitative estimate of drug-likeness (QED) is 0.627. The fourth-order valence-electron chi connectivity index (χ4n) is 1.80. The van der Waals surface area contributed by atoms with Gasteiger partial charge in [-0.2, -0.15) is 13.5 Å². The van der Waals surface area contributed by atoms with E-state index in [9.17, 15) is 8.42 Å². The maximum atomic E-state index is 12.0. The molecule has 1 N–H and O–H groups in total. The summed E-state index contributed by atoms with van der Waals surface area (Å²) in [6, 6.07) is 15.8. The lowest BCUT2D eigenvalue weighted by molar-refractivity contribution is 0.340. The lowest BCUT2D eigenvalue weighted by atomic mass is 10.2. The van der Waals surface area contributed by atoms with Crippen molar-refractivity contribution in [3.63, 3.8) is 0 Å². The summed E-state index contributed by atoms with van der Waals surface area (Å²) in [4.78, 5) is 2.29. The molecule has 0 bridgehead atoms. The number of nitrogens with zero attached hydrogens (tertiary/aromatic N) is 1. The molecule has 0 aliphatic carbocycles. The van der Waals surface area contributed by atoms with Crippen molar-refractivity contribution in [1.82, 2.24) is 4.83 Å². The van der Waals surface area contributed by atoms with Crippen molar-refractivity contribution in [2.24, 2.45) is 5.10 Å². The molecule has 0 radical (unpaired) electrons. The Labute approximate surface area is 136 Å². The Balaban J connectivity index is 1.95. The van der Waals surface area contributed by atoms with Crippen LogP contribution in [0.5, 0.6) is 5.75 Å². The first kappa shape index (κ1) is 16.8. The average Bonchev–Trinajstić information content (AvgIpc) is 2.56. The van der Waals surface area contributed by atoms with Crippen LogP contribution in [0.15, 0.2) is 70.7 Å². The Morgan fingerprint density at radius 2 is 1.78 bits per heavy atom. The number of rotatable bonds is 7. The smallest absolute Gasteiger partial charge is 0.276 e. The number of ether oxygens (including phenoxy) is 1. The van der Waals surface area contributed by atoms with Crippen molar-refractivity contribution in [1.29, 1.82) is 0 Å². The summed E-state index contributed by atoms with van der Waals surface area (Å²) in [6.07, 6.45) is 4.88. The molecule has 0 unspecified atom stereocenters. The third-order valence-corrected chi connectivity index (χ3v) is 4.11. The second-order valence-corrected chi connectivity index (χ2v) is 6.21. The Morgan fingerprint density at radius 1 is 1.09 bits per heavy atom. The van der Waals surface area contributed by atoms with Crippen LogP contribution in [0.3, 0.4) is 0 Å². The highest BCUT2D eigenvalue weighted by atomic mass is 32.2. The fraction of sp³-hybridized carbons (Fsp3) is 0.118. The van der Waals surface area contributed by atoms with Crippen LogP contribution in [0.1, 0.15) is 12.5 Å². The van der Waals surface area contributed by atoms with Crippen molar-refractivity contribution >= 4 is 22.3 Å². The molecule has 5 nitrogen and oxygen atoms in total. The van der Waals surface area contributed by atoms with Crippen LogP contribution in [-0.2, 0) is 10.0 Å². The van der Waals surface area contributed by atoms with Crippen LogP contribution in [0.4, 0.5) is 0 Å². The van der Waals surface area contributed by atoms with E-state index in [0.29, 0.717) is 12.4 Å². The molecule has 2 aromatic carbocycles. The van der Waals surface area contributed by atoms with E-state index in [2.05, 4.69) is 9.93 Å². The molecular formula is C17H18N2O3S. The molecule has 0 fully saturated rings. The highest BCUT2D eigenvalue weighted by molar-refractivity contribution is 7.89. The molecule has 0 saturated heterocycles. The molecule has 0 aliphatic rings. The van der Waals surface area contributed by atoms with Gasteiger partial charge in [0.1, 0.15) is 5.75 Å². The summed E-state index contributed by atoms with van der Waals surface area (Å²) >= 11 is 0. The van der Waals surface area contributed by atoms with E-state index in [1.165, 1.54) is 18.3 Å². The van der Waals surface area contributed by atoms with Gasteiger partial charge in [0.2, 0.25) is 0 Å². The van der Waals surface area contributed by atoms with Gasteiger partial charge in [-0.1, -0.05) is 36.4 Å². The zero-order valence-electron chi connectivity index (χ0n) is 12.7. The van der Waals surface area contributed by atoms with Gasteiger partial charge in [0.25, 0.3) is 10.0 Å². The lowest BCUT2D eigenvalue weighted by Gasteiger charge is -2.05. The molecule has 0 spiro atoms. The normalized spacial score (nSPS) is 11.9. The highest BCUT2D eigenvalue weighted by Gasteiger charge is 2.12. The molecule has 0 saturated carbocycles. The minimum absolute atomic E-state index is 0.130. The van der Waals surface area contributed by atoms with Crippen molar-refractivity contribution in [3.05, 3.63) is 66.2 Å². The molecule has 0 aliphatic heterocycles. The molecule has 0 amide bonds. The number of hydrazone groups is 1. The molecule has 0 aromatic heterocycles. The fourth-order valence-corrected chi connectivity index (χ4v) is 2.59. The van der Waals surface area contributed by atoms with Gasteiger partial charge in [-0.15, -0.1) is 0 Å². The summed E-state index contributed by atoms with van der Waals surface area (Å²) in [7, 11) is -3.67. The molecule has 6 heteroatoms. The summed E-state index contributed by atoms with van der Waals surface area (Å²) in [5, 5.41) is 3.71. The Kier molecular flexibility index (Phi) is 5.94. The molecular weight excluding hydrogens is 312 g/mol. The minimum atomic E-state index is -3.67. The summed E-state index contributed by atoms with van der Waals surface area (Å²) < 4.78 is 29.4. The van der Waals surface area contributed by atoms with Gasteiger partial charge < -0.3 is 4.74 Å². The van der Waals surface area contributed by atoms with Gasteiger partial charge in [-0.3, -0.25) is 0 Å². The predicted molar refractivity (Wildman–Crippen MR) is 91.9 cm³/mol. The topological polar surface area (TPSA) is 67.8 Å². The van der Waals surface area contributed by atoms with Crippen LogP contribution in [0.25, 0.3) is 6.08 Å². The van der Waals surface area contributed by atoms with Crippen molar-refractivity contribution in [3.8, 4) is 5.75 Å². The molecule has 2 aromatic rings. The van der Waals surface area contributed by atoms with Crippen LogP contribution in [-0.4, -0.2) is 21.2 Å². The van der Waals surface area contributed by atoms with Gasteiger partial charge in [-0.25, -0.2) is 4.83 Å². The van der Waals surface area contributed by atoms with Crippen LogP contribution >= 0.6 is 0 Å². The second kappa shape index (κ2) is 8.14. The van der Waals surface area contributed by atoms with Crippen molar-refractivity contribution < 1.29 is 13.2 Å². The summed E-state index contributed by atoms with van der Waals surface area (Å²) in [6.45, 7) is 2.40. The monoisotopic (exact) mass is 330 g/mol. The number of sulfonamides is 1. The van der Waals surface area contributed by atoms with Crippen LogP contribution in [0.2, 0.25) is 0 Å². The predicted octanol–water partition coefficient (Wildman–Crippen LogP) is 3.06. The van der Waals surface area contributed by atoms with Crippen LogP contribution < -0.4 is 9.57 Å². The second-order valence-electron chi connectivity index (χ2n) is 4.55. The van der Waals surface area contributed by atoms with Crippen molar-refractivity contribution in [2.45, 2.75) is 11.8 Å². The largest absolute Gasteiger partial charge is 0.494 e. The van der Waals surface area contributed by atoms with Crippen LogP contribution in [0, 0.1) is 0 Å². The first-order valence-corrected chi connectivity index (χ1v) is 8.59. The van der Waals surface area contributed by atoms with E-state index in [1.54, 1.807) is 18.2 Å². The number of benzene rings is 2. The first-order valence-electron chi connectivity index (χ1n) is 7.11. The SMILES string of the molecule is CCOc1ccc(S(=O)(=O)N/N=C/C=C/c2ccccc2)cc1. The number of hydrogen-bond donors (Lipinski definition) is 1. The van der Waals surface area contributed by atoms with E-state index < -0.39 is 10.0 Å². The highest BCUT2D eigenvalue weighted by Crippen LogP contribution is 2.15. The van der Waals surface area contributed by atoms with E-state index >= 15 is 0 Å². The number of nitrogens with one attached hydrogen (secondary N) is 1. The van der Waals surface area contributed by atoms with E-state index in [0.717, 1.165) is 5.56 Å². The van der Waals surface area contributed by atoms with Gasteiger partial charge in [-0.05, 0) is 42.8 Å².